The number of nitrogens with zero attached hydrogens (tertiary/aromatic N) is 1. The average Bonchev–Trinajstić information content (AvgIpc) is 2.76. The summed E-state index contributed by atoms with van der Waals surface area (Å²) >= 11 is 5.98. The molecule has 90 valence electrons. The lowest BCUT2D eigenvalue weighted by Gasteiger charge is -2.28. The third-order valence-electron chi connectivity index (χ3n) is 4.01. The van der Waals surface area contributed by atoms with Crippen LogP contribution in [-0.2, 0) is 0 Å². The molecule has 0 unspecified atom stereocenters. The Labute approximate surface area is 107 Å². The van der Waals surface area contributed by atoms with Crippen LogP contribution in [0.4, 0.5) is 0 Å². The van der Waals surface area contributed by atoms with Gasteiger partial charge in [-0.3, -0.25) is 0 Å². The largest absolute Gasteiger partial charge is 0.316 e. The summed E-state index contributed by atoms with van der Waals surface area (Å²) in [7, 11) is 0. The monoisotopic (exact) mass is 248 g/mol. The Morgan fingerprint density at radius 2 is 2.35 bits per heavy atom. The van der Waals surface area contributed by atoms with Crippen molar-refractivity contribution < 1.29 is 0 Å². The molecule has 2 heterocycles. The minimum absolute atomic E-state index is 0.616. The Kier molecular flexibility index (Phi) is 2.93. The Bertz CT molecular complexity index is 467. The van der Waals surface area contributed by atoms with E-state index in [9.17, 15) is 0 Å². The summed E-state index contributed by atoms with van der Waals surface area (Å²) in [6.07, 6.45) is 6.83. The second kappa shape index (κ2) is 4.43. The zero-order chi connectivity index (χ0) is 11.8. The molecule has 0 saturated carbocycles. The number of aromatic nitrogens is 1. The standard InChI is InChI=1S/C14H17ClN2/c1-9-6-11(7-17-14(9)15)12-3-2-10-4-5-16-8-13(10)12/h3,6-7,10,13,16H,2,4-5,8H2,1H3/t10-,13+/m1/s1. The van der Waals surface area contributed by atoms with Gasteiger partial charge in [-0.05, 0) is 60.9 Å². The fraction of sp³-hybridized carbons (Fsp3) is 0.500. The molecular formula is C14H17ClN2. The van der Waals surface area contributed by atoms with Crippen molar-refractivity contribution in [3.05, 3.63) is 34.6 Å². The van der Waals surface area contributed by atoms with Crippen molar-refractivity contribution in [1.82, 2.24) is 10.3 Å². The van der Waals surface area contributed by atoms with E-state index in [4.69, 9.17) is 11.6 Å². The quantitative estimate of drug-likeness (QED) is 0.773. The molecule has 1 fully saturated rings. The number of halogens is 1. The lowest BCUT2D eigenvalue weighted by molar-refractivity contribution is 0.328. The fourth-order valence-corrected chi connectivity index (χ4v) is 3.14. The van der Waals surface area contributed by atoms with E-state index < -0.39 is 0 Å². The molecule has 1 aromatic rings. The first-order chi connectivity index (χ1) is 8.25. The van der Waals surface area contributed by atoms with Crippen LogP contribution in [0.3, 0.4) is 0 Å². The van der Waals surface area contributed by atoms with E-state index in [1.165, 1.54) is 30.5 Å². The van der Waals surface area contributed by atoms with Gasteiger partial charge in [0.2, 0.25) is 0 Å². The van der Waals surface area contributed by atoms with E-state index in [0.717, 1.165) is 18.0 Å². The highest BCUT2D eigenvalue weighted by molar-refractivity contribution is 6.30. The summed E-state index contributed by atoms with van der Waals surface area (Å²) in [4.78, 5) is 4.27. The maximum atomic E-state index is 5.98. The lowest BCUT2D eigenvalue weighted by atomic mass is 9.84. The summed E-state index contributed by atoms with van der Waals surface area (Å²) in [6.45, 7) is 4.29. The molecule has 0 amide bonds. The van der Waals surface area contributed by atoms with Crippen molar-refractivity contribution in [3.8, 4) is 0 Å². The first-order valence-corrected chi connectivity index (χ1v) is 6.67. The Balaban J connectivity index is 1.91. The van der Waals surface area contributed by atoms with Gasteiger partial charge >= 0.3 is 0 Å². The van der Waals surface area contributed by atoms with Gasteiger partial charge < -0.3 is 5.32 Å². The van der Waals surface area contributed by atoms with Crippen molar-refractivity contribution in [2.75, 3.05) is 13.1 Å². The highest BCUT2D eigenvalue weighted by Crippen LogP contribution is 2.41. The molecule has 1 aromatic heterocycles. The number of nitrogens with one attached hydrogen (secondary N) is 1. The van der Waals surface area contributed by atoms with Crippen molar-refractivity contribution in [1.29, 1.82) is 0 Å². The van der Waals surface area contributed by atoms with Gasteiger partial charge in [0.15, 0.2) is 0 Å². The SMILES string of the molecule is Cc1cc(C2=CC[C@@H]3CCNC[C@H]23)cnc1Cl. The van der Waals surface area contributed by atoms with Crippen molar-refractivity contribution >= 4 is 17.2 Å². The van der Waals surface area contributed by atoms with Crippen molar-refractivity contribution in [2.24, 2.45) is 11.8 Å². The molecule has 0 spiro atoms. The van der Waals surface area contributed by atoms with Crippen molar-refractivity contribution in [2.45, 2.75) is 19.8 Å². The number of piperidine rings is 1. The van der Waals surface area contributed by atoms with Gasteiger partial charge in [-0.2, -0.15) is 0 Å². The van der Waals surface area contributed by atoms with E-state index in [-0.39, 0.29) is 0 Å². The summed E-state index contributed by atoms with van der Waals surface area (Å²) in [5, 5.41) is 4.11. The number of allylic oxidation sites excluding steroid dienone is 1. The third kappa shape index (κ3) is 2.00. The molecule has 3 heteroatoms. The molecule has 0 bridgehead atoms. The van der Waals surface area contributed by atoms with Crippen LogP contribution in [0.5, 0.6) is 0 Å². The molecule has 1 saturated heterocycles. The summed E-state index contributed by atoms with van der Waals surface area (Å²) < 4.78 is 0. The maximum absolute atomic E-state index is 5.98. The lowest BCUT2D eigenvalue weighted by Crippen LogP contribution is -2.34. The number of pyridine rings is 1. The molecule has 2 nitrogen and oxygen atoms in total. The van der Waals surface area contributed by atoms with Gasteiger partial charge in [0, 0.05) is 12.7 Å². The number of fused-ring (bicyclic) bond motifs is 1. The maximum Gasteiger partial charge on any atom is 0.131 e. The summed E-state index contributed by atoms with van der Waals surface area (Å²) in [5.74, 6) is 1.51. The molecule has 3 rings (SSSR count). The zero-order valence-corrected chi connectivity index (χ0v) is 10.8. The molecule has 2 aliphatic rings. The van der Waals surface area contributed by atoms with E-state index in [1.54, 1.807) is 0 Å². The van der Waals surface area contributed by atoms with E-state index in [2.05, 4.69) is 22.4 Å². The van der Waals surface area contributed by atoms with Gasteiger partial charge in [0.05, 0.1) is 0 Å². The van der Waals surface area contributed by atoms with Crippen LogP contribution in [0.15, 0.2) is 18.3 Å². The Morgan fingerprint density at radius 1 is 1.47 bits per heavy atom. The van der Waals surface area contributed by atoms with Crippen molar-refractivity contribution in [3.63, 3.8) is 0 Å². The molecule has 1 aliphatic carbocycles. The van der Waals surface area contributed by atoms with Gasteiger partial charge in [-0.15, -0.1) is 0 Å². The topological polar surface area (TPSA) is 24.9 Å². The molecular weight excluding hydrogens is 232 g/mol. The van der Waals surface area contributed by atoms with Gasteiger partial charge in [-0.1, -0.05) is 17.7 Å². The minimum Gasteiger partial charge on any atom is -0.316 e. The second-order valence-electron chi connectivity index (χ2n) is 5.09. The predicted octanol–water partition coefficient (Wildman–Crippen LogP) is 3.06. The second-order valence-corrected chi connectivity index (χ2v) is 5.44. The molecule has 1 aliphatic heterocycles. The Morgan fingerprint density at radius 3 is 3.18 bits per heavy atom. The molecule has 17 heavy (non-hydrogen) atoms. The normalized spacial score (nSPS) is 27.8. The minimum atomic E-state index is 0.616. The van der Waals surface area contributed by atoms with Crippen LogP contribution in [0, 0.1) is 18.8 Å². The van der Waals surface area contributed by atoms with E-state index >= 15 is 0 Å². The van der Waals surface area contributed by atoms with Gasteiger partial charge in [-0.25, -0.2) is 4.98 Å². The predicted molar refractivity (Wildman–Crippen MR) is 71.0 cm³/mol. The smallest absolute Gasteiger partial charge is 0.131 e. The fourth-order valence-electron chi connectivity index (χ4n) is 3.04. The van der Waals surface area contributed by atoms with Crippen LogP contribution in [0.1, 0.15) is 24.0 Å². The summed E-state index contributed by atoms with van der Waals surface area (Å²) in [6, 6.07) is 2.16. The highest BCUT2D eigenvalue weighted by Gasteiger charge is 2.32. The first kappa shape index (κ1) is 11.2. The first-order valence-electron chi connectivity index (χ1n) is 6.29. The molecule has 0 aromatic carbocycles. The summed E-state index contributed by atoms with van der Waals surface area (Å²) in [5.41, 5.74) is 3.79. The van der Waals surface area contributed by atoms with Crippen LogP contribution in [0.2, 0.25) is 5.15 Å². The van der Waals surface area contributed by atoms with E-state index in [0.29, 0.717) is 11.1 Å². The van der Waals surface area contributed by atoms with Crippen LogP contribution in [0.25, 0.3) is 5.57 Å². The van der Waals surface area contributed by atoms with E-state index in [1.807, 2.05) is 13.1 Å². The number of rotatable bonds is 1. The molecule has 0 radical (unpaired) electrons. The highest BCUT2D eigenvalue weighted by atomic mass is 35.5. The van der Waals surface area contributed by atoms with Crippen LogP contribution in [-0.4, -0.2) is 18.1 Å². The van der Waals surface area contributed by atoms with Crippen LogP contribution >= 0.6 is 11.6 Å². The van der Waals surface area contributed by atoms with Gasteiger partial charge in [0.1, 0.15) is 5.15 Å². The Hall–Kier alpha value is -0.860. The zero-order valence-electron chi connectivity index (χ0n) is 10.0. The average molecular weight is 249 g/mol. The number of aryl methyl sites for hydroxylation is 1. The molecule has 2 atom stereocenters. The third-order valence-corrected chi connectivity index (χ3v) is 4.41. The number of hydrogen-bond acceptors (Lipinski definition) is 2. The van der Waals surface area contributed by atoms with Crippen LogP contribution < -0.4 is 5.32 Å². The molecule has 1 N–H and O–H groups in total. The number of hydrogen-bond donors (Lipinski definition) is 1. The van der Waals surface area contributed by atoms with Gasteiger partial charge in [0.25, 0.3) is 0 Å².